The second kappa shape index (κ2) is 9.64. The first-order valence-corrected chi connectivity index (χ1v) is 4.11. The van der Waals surface area contributed by atoms with Crippen LogP contribution in [-0.2, 0) is 3.08 Å². The van der Waals surface area contributed by atoms with E-state index >= 15 is 0 Å². The van der Waals surface area contributed by atoms with E-state index in [9.17, 15) is 0 Å². The Bertz CT molecular complexity index is 30.5. The molecule has 6 heteroatoms. The van der Waals surface area contributed by atoms with Crippen molar-refractivity contribution in [3.8, 4) is 0 Å². The fourth-order valence-corrected chi connectivity index (χ4v) is 0. The molecule has 6 heavy (non-hydrogen) atoms. The van der Waals surface area contributed by atoms with E-state index in [4.69, 9.17) is 9.96 Å². The molecule has 0 aromatic rings. The molecule has 0 aliphatic carbocycles. The molecule has 0 heterocycles. The molecule has 0 aromatic heterocycles. The van der Waals surface area contributed by atoms with Crippen LogP contribution in [0.15, 0.2) is 0 Å². The van der Waals surface area contributed by atoms with Crippen molar-refractivity contribution in [2.45, 2.75) is 0 Å². The van der Waals surface area contributed by atoms with Gasteiger partial charge in [0.1, 0.15) is 0 Å². The first-order valence-electron chi connectivity index (χ1n) is 0.612. The van der Waals surface area contributed by atoms with Crippen LogP contribution >= 0.6 is 0 Å². The van der Waals surface area contributed by atoms with Gasteiger partial charge in [0.25, 0.3) is 0 Å². The van der Waals surface area contributed by atoms with Crippen LogP contribution in [0.25, 0.3) is 0 Å². The van der Waals surface area contributed by atoms with Gasteiger partial charge in [-0.1, -0.05) is 0 Å². The second-order valence-electron chi connectivity index (χ2n) is 0.250. The first kappa shape index (κ1) is 15.7. The van der Waals surface area contributed by atoms with Gasteiger partial charge in [-0.3, -0.25) is 0 Å². The molecule has 0 aliphatic rings. The molecule has 0 fully saturated rings. The molecule has 0 aliphatic heterocycles. The monoisotopic (exact) mass is 394 g/mol. The van der Waals surface area contributed by atoms with Gasteiger partial charge in [0.2, 0.25) is 0 Å². The molecule has 0 saturated heterocycles. The summed E-state index contributed by atoms with van der Waals surface area (Å²) in [4.78, 5) is 0. The third-order valence-corrected chi connectivity index (χ3v) is 0. The molecule has 0 amide bonds. The van der Waals surface area contributed by atoms with Crippen molar-refractivity contribution in [3.05, 3.63) is 0 Å². The van der Waals surface area contributed by atoms with E-state index in [-0.39, 0.29) is 32.8 Å². The molecule has 0 unspecified atom stereocenters. The third kappa shape index (κ3) is 53.3. The summed E-state index contributed by atoms with van der Waals surface area (Å²) in [7, 11) is 0. The van der Waals surface area contributed by atoms with Crippen LogP contribution in [-0.4, -0.2) is 53.3 Å². The summed E-state index contributed by atoms with van der Waals surface area (Å²) in [5.74, 6) is 0. The molecule has 0 saturated carbocycles. The largest absolute Gasteiger partial charge is 2.00 e. The zero-order chi connectivity index (χ0) is 3.58. The summed E-state index contributed by atoms with van der Waals surface area (Å²) in [6.45, 7) is 0. The van der Waals surface area contributed by atoms with Crippen molar-refractivity contribution in [1.82, 2.24) is 0 Å². The van der Waals surface area contributed by atoms with Gasteiger partial charge in [-0.2, -0.15) is 0 Å². The van der Waals surface area contributed by atoms with Crippen molar-refractivity contribution in [2.75, 3.05) is 0 Å². The van der Waals surface area contributed by atoms with Crippen LogP contribution in [0.2, 0.25) is 0 Å². The molecule has 2 N–H and O–H groups in total. The Kier molecular flexibility index (Phi) is 25.2. The quantitative estimate of drug-likeness (QED) is 0.393. The van der Waals surface area contributed by atoms with Crippen LogP contribution in [0.3, 0.4) is 0 Å². The van der Waals surface area contributed by atoms with Crippen LogP contribution in [0.1, 0.15) is 0 Å². The van der Waals surface area contributed by atoms with Crippen LogP contribution < -0.4 is 6.89 Å². The van der Waals surface area contributed by atoms with E-state index in [0.29, 0.717) is 0 Å². The standard InChI is InChI=1S/H2O.3O.Pb.Sn/h1H2;;;;;/q;;2*-1;+2;. The van der Waals surface area contributed by atoms with Gasteiger partial charge in [-0.15, -0.1) is 0 Å². The van der Waals surface area contributed by atoms with Gasteiger partial charge in [-0.05, 0) is 0 Å². The first-order chi connectivity index (χ1) is 1.73. The van der Waals surface area contributed by atoms with Crippen LogP contribution in [0.5, 0.6) is 0 Å². The third-order valence-electron chi connectivity index (χ3n) is 0. The summed E-state index contributed by atoms with van der Waals surface area (Å²) in [6.07, 6.45) is 0. The predicted molar refractivity (Wildman–Crippen MR) is 15.8 cm³/mol. The van der Waals surface area contributed by atoms with Gasteiger partial charge in [0, 0.05) is 0 Å². The Morgan fingerprint density at radius 1 is 1.33 bits per heavy atom. The summed E-state index contributed by atoms with van der Waals surface area (Å²) >= 11 is -4.29. The summed E-state index contributed by atoms with van der Waals surface area (Å²) in [5.41, 5.74) is 0. The van der Waals surface area contributed by atoms with E-state index in [1.165, 1.54) is 0 Å². The molecular weight excluding hydrogens is 390 g/mol. The molecule has 2 radical (unpaired) electrons. The SMILES string of the molecule is O.[O]=[Sn]([O-])[O-].[Pb+2]. The Morgan fingerprint density at radius 3 is 1.33 bits per heavy atom. The molecular formula is H2O4PbSn. The van der Waals surface area contributed by atoms with E-state index in [2.05, 4.69) is 0 Å². The zero-order valence-corrected chi connectivity index (χ0v) is 9.47. The summed E-state index contributed by atoms with van der Waals surface area (Å²) < 4.78 is 25.8. The molecule has 0 aromatic carbocycles. The van der Waals surface area contributed by atoms with Crippen LogP contribution in [0, 0.1) is 0 Å². The number of rotatable bonds is 0. The molecule has 0 atom stereocenters. The number of hydrogen-bond donors (Lipinski definition) is 0. The number of hydrogen-bond acceptors (Lipinski definition) is 3. The van der Waals surface area contributed by atoms with Gasteiger partial charge in [-0.25, -0.2) is 0 Å². The summed E-state index contributed by atoms with van der Waals surface area (Å²) in [6, 6.07) is 0. The van der Waals surface area contributed by atoms with E-state index in [1.807, 2.05) is 0 Å². The molecule has 0 rings (SSSR count). The zero-order valence-electron chi connectivity index (χ0n) is 2.72. The topological polar surface area (TPSA) is 94.7 Å². The Hall–Kier alpha value is 1.40. The minimum Gasteiger partial charge on any atom is 2.00 e. The Morgan fingerprint density at radius 2 is 1.33 bits per heavy atom. The van der Waals surface area contributed by atoms with E-state index in [0.717, 1.165) is 0 Å². The van der Waals surface area contributed by atoms with Crippen molar-refractivity contribution >= 4 is 47.9 Å². The van der Waals surface area contributed by atoms with E-state index in [1.54, 1.807) is 0 Å². The van der Waals surface area contributed by atoms with Gasteiger partial charge >= 0.3 is 57.8 Å². The van der Waals surface area contributed by atoms with Crippen LogP contribution in [0.4, 0.5) is 0 Å². The predicted octanol–water partition coefficient (Wildman–Crippen LogP) is -4.08. The molecule has 0 spiro atoms. The van der Waals surface area contributed by atoms with Gasteiger partial charge in [0.15, 0.2) is 0 Å². The summed E-state index contributed by atoms with van der Waals surface area (Å²) in [5, 5.41) is 0. The van der Waals surface area contributed by atoms with Gasteiger partial charge < -0.3 is 5.48 Å². The van der Waals surface area contributed by atoms with E-state index < -0.39 is 20.6 Å². The maximum Gasteiger partial charge on any atom is 2.00 e. The van der Waals surface area contributed by atoms with Crippen molar-refractivity contribution < 1.29 is 15.4 Å². The average Bonchev–Trinajstić information content (AvgIpc) is 0.811. The molecule has 4 nitrogen and oxygen atoms in total. The Balaban J connectivity index is -0.0000000450. The average molecular weight is 392 g/mol. The van der Waals surface area contributed by atoms with Crippen molar-refractivity contribution in [3.63, 3.8) is 0 Å². The normalized spacial score (nSPS) is 4.33. The molecule has 34 valence electrons. The minimum absolute atomic E-state index is 0. The van der Waals surface area contributed by atoms with Gasteiger partial charge in [0.05, 0.1) is 0 Å². The van der Waals surface area contributed by atoms with Crippen molar-refractivity contribution in [1.29, 1.82) is 0 Å². The van der Waals surface area contributed by atoms with Crippen molar-refractivity contribution in [2.24, 2.45) is 0 Å². The maximum atomic E-state index is 8.61. The fraction of sp³-hybridized carbons (Fsp3) is 0. The maximum absolute atomic E-state index is 8.61. The smallest absolute Gasteiger partial charge is 2.00 e. The second-order valence-corrected chi connectivity index (χ2v) is 1.68. The minimum atomic E-state index is -4.29. The fourth-order valence-electron chi connectivity index (χ4n) is 0. The molecule has 0 bridgehead atoms. The Labute approximate surface area is 62.9 Å².